The minimum atomic E-state index is 0. The second kappa shape index (κ2) is 3.67. The summed E-state index contributed by atoms with van der Waals surface area (Å²) in [5.74, 6) is 0.758. The SMILES string of the molecule is C.CC1C=CCN(C)C1. The highest BCUT2D eigenvalue weighted by Gasteiger charge is 2.04. The average Bonchev–Trinajstić information content (AvgIpc) is 1.64. The number of hydrogen-bond donors (Lipinski definition) is 0. The summed E-state index contributed by atoms with van der Waals surface area (Å²) in [7, 11) is 2.15. The Hall–Kier alpha value is -0.300. The lowest BCUT2D eigenvalue weighted by Gasteiger charge is -2.21. The highest BCUT2D eigenvalue weighted by atomic mass is 15.1. The van der Waals surface area contributed by atoms with Crippen LogP contribution in [-0.2, 0) is 0 Å². The van der Waals surface area contributed by atoms with E-state index in [1.165, 1.54) is 6.54 Å². The van der Waals surface area contributed by atoms with E-state index in [1.54, 1.807) is 0 Å². The normalized spacial score (nSPS) is 27.6. The van der Waals surface area contributed by atoms with Crippen molar-refractivity contribution in [2.75, 3.05) is 20.1 Å². The first-order valence-electron chi connectivity index (χ1n) is 3.14. The fraction of sp³-hybridized carbons (Fsp3) is 0.750. The van der Waals surface area contributed by atoms with E-state index in [2.05, 4.69) is 31.0 Å². The van der Waals surface area contributed by atoms with Crippen molar-refractivity contribution in [3.8, 4) is 0 Å². The second-order valence-electron chi connectivity index (χ2n) is 2.63. The van der Waals surface area contributed by atoms with Gasteiger partial charge in [-0.05, 0) is 13.0 Å². The van der Waals surface area contributed by atoms with Gasteiger partial charge in [-0.2, -0.15) is 0 Å². The summed E-state index contributed by atoms with van der Waals surface area (Å²) in [4.78, 5) is 2.32. The molecule has 1 unspecified atom stereocenters. The quantitative estimate of drug-likeness (QED) is 0.448. The summed E-state index contributed by atoms with van der Waals surface area (Å²) in [5.41, 5.74) is 0. The zero-order valence-corrected chi connectivity index (χ0v) is 5.59. The molecular weight excluding hydrogens is 110 g/mol. The molecule has 0 saturated carbocycles. The molecule has 1 aliphatic rings. The molecule has 0 bridgehead atoms. The van der Waals surface area contributed by atoms with Crippen molar-refractivity contribution in [1.82, 2.24) is 4.90 Å². The molecular formula is C8H17N. The van der Waals surface area contributed by atoms with Crippen LogP contribution in [-0.4, -0.2) is 25.0 Å². The molecule has 0 fully saturated rings. The van der Waals surface area contributed by atoms with Gasteiger partial charge in [-0.25, -0.2) is 0 Å². The second-order valence-corrected chi connectivity index (χ2v) is 2.63. The molecule has 0 aliphatic carbocycles. The predicted molar refractivity (Wildman–Crippen MR) is 42.5 cm³/mol. The standard InChI is InChI=1S/C7H13N.CH4/c1-7-4-3-5-8(2)6-7;/h3-4,7H,5-6H2,1-2H3;1H4. The number of nitrogens with zero attached hydrogens (tertiary/aromatic N) is 1. The first-order chi connectivity index (χ1) is 3.79. The highest BCUT2D eigenvalue weighted by molar-refractivity contribution is 4.93. The Labute approximate surface area is 58.4 Å². The Morgan fingerprint density at radius 1 is 1.56 bits per heavy atom. The summed E-state index contributed by atoms with van der Waals surface area (Å²) >= 11 is 0. The third kappa shape index (κ3) is 2.66. The van der Waals surface area contributed by atoms with Crippen molar-refractivity contribution in [2.45, 2.75) is 14.4 Å². The summed E-state index contributed by atoms with van der Waals surface area (Å²) in [6.07, 6.45) is 4.51. The minimum Gasteiger partial charge on any atom is -0.302 e. The summed E-state index contributed by atoms with van der Waals surface area (Å²) in [6.45, 7) is 4.59. The molecule has 54 valence electrons. The first kappa shape index (κ1) is 8.70. The lowest BCUT2D eigenvalue weighted by molar-refractivity contribution is 0.323. The van der Waals surface area contributed by atoms with Crippen LogP contribution >= 0.6 is 0 Å². The van der Waals surface area contributed by atoms with E-state index in [1.807, 2.05) is 0 Å². The van der Waals surface area contributed by atoms with Crippen LogP contribution in [0, 0.1) is 5.92 Å². The van der Waals surface area contributed by atoms with E-state index in [9.17, 15) is 0 Å². The third-order valence-electron chi connectivity index (χ3n) is 1.48. The Morgan fingerprint density at radius 2 is 2.22 bits per heavy atom. The van der Waals surface area contributed by atoms with Gasteiger partial charge in [0.05, 0.1) is 0 Å². The van der Waals surface area contributed by atoms with Gasteiger partial charge in [0.25, 0.3) is 0 Å². The lowest BCUT2D eigenvalue weighted by Crippen LogP contribution is -2.26. The van der Waals surface area contributed by atoms with Gasteiger partial charge in [-0.15, -0.1) is 0 Å². The topological polar surface area (TPSA) is 3.24 Å². The Kier molecular flexibility index (Phi) is 3.55. The van der Waals surface area contributed by atoms with Gasteiger partial charge in [-0.3, -0.25) is 0 Å². The number of rotatable bonds is 0. The molecule has 1 heterocycles. The van der Waals surface area contributed by atoms with E-state index < -0.39 is 0 Å². The van der Waals surface area contributed by atoms with Gasteiger partial charge in [0.15, 0.2) is 0 Å². The zero-order chi connectivity index (χ0) is 5.98. The molecule has 0 saturated heterocycles. The number of hydrogen-bond acceptors (Lipinski definition) is 1. The minimum absolute atomic E-state index is 0. The van der Waals surface area contributed by atoms with E-state index in [4.69, 9.17) is 0 Å². The van der Waals surface area contributed by atoms with Crippen LogP contribution in [0.1, 0.15) is 14.4 Å². The Balaban J connectivity index is 0.000000640. The van der Waals surface area contributed by atoms with Gasteiger partial charge in [0, 0.05) is 13.1 Å². The van der Waals surface area contributed by atoms with Crippen LogP contribution in [0.4, 0.5) is 0 Å². The van der Waals surface area contributed by atoms with E-state index in [0.717, 1.165) is 12.5 Å². The smallest absolute Gasteiger partial charge is 0.0160 e. The van der Waals surface area contributed by atoms with E-state index in [-0.39, 0.29) is 7.43 Å². The predicted octanol–water partition coefficient (Wildman–Crippen LogP) is 1.76. The molecule has 0 amide bonds. The van der Waals surface area contributed by atoms with Crippen molar-refractivity contribution >= 4 is 0 Å². The summed E-state index contributed by atoms with van der Waals surface area (Å²) in [6, 6.07) is 0. The summed E-state index contributed by atoms with van der Waals surface area (Å²) < 4.78 is 0. The molecule has 0 aromatic rings. The molecule has 1 aliphatic heterocycles. The molecule has 1 rings (SSSR count). The van der Waals surface area contributed by atoms with Crippen LogP contribution in [0.3, 0.4) is 0 Å². The van der Waals surface area contributed by atoms with Gasteiger partial charge < -0.3 is 4.90 Å². The fourth-order valence-electron chi connectivity index (χ4n) is 1.10. The third-order valence-corrected chi connectivity index (χ3v) is 1.48. The highest BCUT2D eigenvalue weighted by Crippen LogP contribution is 2.04. The average molecular weight is 127 g/mol. The fourth-order valence-corrected chi connectivity index (χ4v) is 1.10. The molecule has 0 aromatic carbocycles. The van der Waals surface area contributed by atoms with Crippen LogP contribution in [0.15, 0.2) is 12.2 Å². The van der Waals surface area contributed by atoms with Crippen molar-refractivity contribution in [3.63, 3.8) is 0 Å². The first-order valence-corrected chi connectivity index (χ1v) is 3.14. The lowest BCUT2D eigenvalue weighted by atomic mass is 10.1. The van der Waals surface area contributed by atoms with E-state index in [0.29, 0.717) is 0 Å². The van der Waals surface area contributed by atoms with Gasteiger partial charge >= 0.3 is 0 Å². The van der Waals surface area contributed by atoms with Crippen molar-refractivity contribution < 1.29 is 0 Å². The molecule has 0 radical (unpaired) electrons. The molecule has 1 nitrogen and oxygen atoms in total. The molecule has 1 heteroatoms. The Bertz CT molecular complexity index is 96.7. The van der Waals surface area contributed by atoms with Crippen molar-refractivity contribution in [3.05, 3.63) is 12.2 Å². The molecule has 0 spiro atoms. The zero-order valence-electron chi connectivity index (χ0n) is 5.59. The van der Waals surface area contributed by atoms with Crippen LogP contribution in [0.2, 0.25) is 0 Å². The molecule has 1 atom stereocenters. The molecule has 9 heavy (non-hydrogen) atoms. The number of likely N-dealkylation sites (N-methyl/N-ethyl adjacent to an activating group) is 1. The molecule has 0 aromatic heterocycles. The van der Waals surface area contributed by atoms with E-state index >= 15 is 0 Å². The van der Waals surface area contributed by atoms with Gasteiger partial charge in [-0.1, -0.05) is 26.5 Å². The largest absolute Gasteiger partial charge is 0.302 e. The van der Waals surface area contributed by atoms with Crippen LogP contribution in [0.5, 0.6) is 0 Å². The van der Waals surface area contributed by atoms with Crippen molar-refractivity contribution in [2.24, 2.45) is 5.92 Å². The maximum Gasteiger partial charge on any atom is 0.0160 e. The summed E-state index contributed by atoms with van der Waals surface area (Å²) in [5, 5.41) is 0. The van der Waals surface area contributed by atoms with Gasteiger partial charge in [0.1, 0.15) is 0 Å². The monoisotopic (exact) mass is 127 g/mol. The maximum atomic E-state index is 2.32. The van der Waals surface area contributed by atoms with Crippen molar-refractivity contribution in [1.29, 1.82) is 0 Å². The molecule has 0 N–H and O–H groups in total. The van der Waals surface area contributed by atoms with Crippen LogP contribution in [0.25, 0.3) is 0 Å². The Morgan fingerprint density at radius 3 is 2.56 bits per heavy atom. The van der Waals surface area contributed by atoms with Gasteiger partial charge in [0.2, 0.25) is 0 Å². The van der Waals surface area contributed by atoms with Crippen LogP contribution < -0.4 is 0 Å². The maximum absolute atomic E-state index is 2.32.